The van der Waals surface area contributed by atoms with Gasteiger partial charge < -0.3 is 14.8 Å². The van der Waals surface area contributed by atoms with Crippen molar-refractivity contribution < 1.29 is 14.3 Å². The van der Waals surface area contributed by atoms with Gasteiger partial charge in [0.1, 0.15) is 17.2 Å². The third-order valence-electron chi connectivity index (χ3n) is 4.56. The maximum absolute atomic E-state index is 12.8. The summed E-state index contributed by atoms with van der Waals surface area (Å²) in [6.45, 7) is 0. The Hall–Kier alpha value is -3.28. The number of para-hydroxylation sites is 1. The Balaban J connectivity index is 1.82. The quantitative estimate of drug-likeness (QED) is 0.728. The molecule has 0 unspecified atom stereocenters. The van der Waals surface area contributed by atoms with E-state index in [1.54, 1.807) is 31.2 Å². The number of methoxy groups -OCH3 is 2. The number of carbonyl (C=O) groups excluding carboxylic acids is 1. The summed E-state index contributed by atoms with van der Waals surface area (Å²) in [5.41, 5.74) is 2.73. The first-order valence-electron chi connectivity index (χ1n) is 8.88. The summed E-state index contributed by atoms with van der Waals surface area (Å²) in [4.78, 5) is 12.8. The van der Waals surface area contributed by atoms with Gasteiger partial charge in [0.15, 0.2) is 0 Å². The zero-order valence-electron chi connectivity index (χ0n) is 15.3. The fraction of sp³-hybridized carbons (Fsp3) is 0.238. The number of benzene rings is 2. The number of hydrogen-bond acceptors (Lipinski definition) is 4. The molecule has 6 heteroatoms. The summed E-state index contributed by atoms with van der Waals surface area (Å²) in [6, 6.07) is 15.5. The van der Waals surface area contributed by atoms with E-state index < -0.39 is 0 Å². The van der Waals surface area contributed by atoms with Crippen LogP contribution in [0.2, 0.25) is 0 Å². The molecule has 0 saturated heterocycles. The van der Waals surface area contributed by atoms with Crippen molar-refractivity contribution in [2.45, 2.75) is 18.9 Å². The van der Waals surface area contributed by atoms with Gasteiger partial charge in [-0.05, 0) is 37.1 Å². The SMILES string of the molecule is COc1ccc(-c2nn(-c3ccccc3)cc2C(=O)NC2CC2)c(OC)c1. The summed E-state index contributed by atoms with van der Waals surface area (Å²) in [5.74, 6) is 1.17. The van der Waals surface area contributed by atoms with E-state index in [-0.39, 0.29) is 11.9 Å². The molecule has 1 amide bonds. The topological polar surface area (TPSA) is 65.4 Å². The van der Waals surface area contributed by atoms with E-state index in [4.69, 9.17) is 14.6 Å². The zero-order valence-corrected chi connectivity index (χ0v) is 15.3. The molecule has 3 aromatic rings. The average molecular weight is 363 g/mol. The van der Waals surface area contributed by atoms with Crippen molar-refractivity contribution in [1.29, 1.82) is 0 Å². The first-order chi connectivity index (χ1) is 13.2. The smallest absolute Gasteiger partial charge is 0.255 e. The predicted molar refractivity (Wildman–Crippen MR) is 103 cm³/mol. The van der Waals surface area contributed by atoms with Crippen molar-refractivity contribution in [3.05, 3.63) is 60.3 Å². The Morgan fingerprint density at radius 1 is 1.11 bits per heavy atom. The first-order valence-corrected chi connectivity index (χ1v) is 8.88. The Labute approximate surface area is 157 Å². The molecule has 6 nitrogen and oxygen atoms in total. The Bertz CT molecular complexity index is 962. The Morgan fingerprint density at radius 3 is 2.56 bits per heavy atom. The lowest BCUT2D eigenvalue weighted by molar-refractivity contribution is 0.0951. The second-order valence-corrected chi connectivity index (χ2v) is 6.49. The minimum Gasteiger partial charge on any atom is -0.497 e. The van der Waals surface area contributed by atoms with Gasteiger partial charge in [0.2, 0.25) is 0 Å². The van der Waals surface area contributed by atoms with Gasteiger partial charge in [0, 0.05) is 23.9 Å². The van der Waals surface area contributed by atoms with E-state index in [2.05, 4.69) is 5.32 Å². The summed E-state index contributed by atoms with van der Waals surface area (Å²) >= 11 is 0. The van der Waals surface area contributed by atoms with Crippen LogP contribution in [0, 0.1) is 0 Å². The van der Waals surface area contributed by atoms with Crippen LogP contribution in [0.3, 0.4) is 0 Å². The van der Waals surface area contributed by atoms with Gasteiger partial charge in [-0.15, -0.1) is 0 Å². The van der Waals surface area contributed by atoms with Gasteiger partial charge in [-0.25, -0.2) is 4.68 Å². The lowest BCUT2D eigenvalue weighted by Gasteiger charge is -2.10. The van der Waals surface area contributed by atoms with E-state index in [1.165, 1.54) is 0 Å². The molecule has 1 fully saturated rings. The molecular formula is C21H21N3O3. The number of nitrogens with zero attached hydrogens (tertiary/aromatic N) is 2. The fourth-order valence-electron chi connectivity index (χ4n) is 2.94. The maximum Gasteiger partial charge on any atom is 0.255 e. The number of nitrogens with one attached hydrogen (secondary N) is 1. The van der Waals surface area contributed by atoms with E-state index in [0.29, 0.717) is 22.8 Å². The predicted octanol–water partition coefficient (Wildman–Crippen LogP) is 3.45. The molecule has 0 radical (unpaired) electrons. The van der Waals surface area contributed by atoms with Crippen LogP contribution in [0.4, 0.5) is 0 Å². The molecule has 1 aliphatic carbocycles. The van der Waals surface area contributed by atoms with E-state index in [1.807, 2.05) is 42.5 Å². The largest absolute Gasteiger partial charge is 0.497 e. The number of rotatable bonds is 6. The van der Waals surface area contributed by atoms with Crippen molar-refractivity contribution in [3.63, 3.8) is 0 Å². The molecule has 1 aliphatic rings. The molecule has 1 N–H and O–H groups in total. The Kier molecular flexibility index (Phi) is 4.54. The number of amides is 1. The maximum atomic E-state index is 12.8. The van der Waals surface area contributed by atoms with Crippen LogP contribution in [0.15, 0.2) is 54.7 Å². The van der Waals surface area contributed by atoms with Crippen LogP contribution < -0.4 is 14.8 Å². The molecule has 1 saturated carbocycles. The molecule has 2 aromatic carbocycles. The highest BCUT2D eigenvalue weighted by Crippen LogP contribution is 2.35. The van der Waals surface area contributed by atoms with Crippen LogP contribution in [-0.4, -0.2) is 35.9 Å². The molecule has 0 atom stereocenters. The van der Waals surface area contributed by atoms with E-state index in [9.17, 15) is 4.79 Å². The standard InChI is InChI=1S/C21H21N3O3/c1-26-16-10-11-17(19(12-16)27-2)20-18(21(25)22-14-8-9-14)13-24(23-20)15-6-4-3-5-7-15/h3-7,10-14H,8-9H2,1-2H3,(H,22,25). The average Bonchev–Trinajstić information content (AvgIpc) is 3.42. The van der Waals surface area contributed by atoms with Crippen LogP contribution in [0.5, 0.6) is 11.5 Å². The number of hydrogen-bond donors (Lipinski definition) is 1. The van der Waals surface area contributed by atoms with Crippen LogP contribution >= 0.6 is 0 Å². The van der Waals surface area contributed by atoms with Crippen molar-refractivity contribution in [1.82, 2.24) is 15.1 Å². The summed E-state index contributed by atoms with van der Waals surface area (Å²) in [7, 11) is 3.20. The van der Waals surface area contributed by atoms with E-state index >= 15 is 0 Å². The minimum atomic E-state index is -0.118. The highest BCUT2D eigenvalue weighted by atomic mass is 16.5. The van der Waals surface area contributed by atoms with Crippen molar-refractivity contribution in [2.75, 3.05) is 14.2 Å². The van der Waals surface area contributed by atoms with Gasteiger partial charge in [-0.1, -0.05) is 18.2 Å². The van der Waals surface area contributed by atoms with Crippen molar-refractivity contribution in [2.24, 2.45) is 0 Å². The minimum absolute atomic E-state index is 0.118. The third kappa shape index (κ3) is 3.51. The second kappa shape index (κ2) is 7.15. The molecule has 27 heavy (non-hydrogen) atoms. The molecule has 0 spiro atoms. The number of ether oxygens (including phenoxy) is 2. The highest BCUT2D eigenvalue weighted by molar-refractivity contribution is 6.00. The van der Waals surface area contributed by atoms with Crippen molar-refractivity contribution in [3.8, 4) is 28.4 Å². The molecule has 1 aromatic heterocycles. The molecular weight excluding hydrogens is 342 g/mol. The molecule has 4 rings (SSSR count). The van der Waals surface area contributed by atoms with Crippen molar-refractivity contribution >= 4 is 5.91 Å². The Morgan fingerprint density at radius 2 is 1.89 bits per heavy atom. The van der Waals surface area contributed by atoms with Gasteiger partial charge in [0.25, 0.3) is 5.91 Å². The lowest BCUT2D eigenvalue weighted by Crippen LogP contribution is -2.25. The zero-order chi connectivity index (χ0) is 18.8. The van der Waals surface area contributed by atoms with Gasteiger partial charge in [-0.3, -0.25) is 4.79 Å². The summed E-state index contributed by atoms with van der Waals surface area (Å²) in [6.07, 6.45) is 3.82. The van der Waals surface area contributed by atoms with Gasteiger partial charge >= 0.3 is 0 Å². The monoisotopic (exact) mass is 363 g/mol. The third-order valence-corrected chi connectivity index (χ3v) is 4.56. The fourth-order valence-corrected chi connectivity index (χ4v) is 2.94. The number of aromatic nitrogens is 2. The van der Waals surface area contributed by atoms with E-state index in [0.717, 1.165) is 24.1 Å². The van der Waals surface area contributed by atoms with Crippen LogP contribution in [0.25, 0.3) is 16.9 Å². The molecule has 138 valence electrons. The molecule has 0 bridgehead atoms. The van der Waals surface area contributed by atoms with Gasteiger partial charge in [-0.2, -0.15) is 5.10 Å². The number of carbonyl (C=O) groups is 1. The van der Waals surface area contributed by atoms with Gasteiger partial charge in [0.05, 0.1) is 25.5 Å². The summed E-state index contributed by atoms with van der Waals surface area (Å²) in [5, 5.41) is 7.75. The van der Waals surface area contributed by atoms with Crippen LogP contribution in [-0.2, 0) is 0 Å². The second-order valence-electron chi connectivity index (χ2n) is 6.49. The lowest BCUT2D eigenvalue weighted by atomic mass is 10.1. The molecule has 0 aliphatic heterocycles. The molecule has 1 heterocycles. The highest BCUT2D eigenvalue weighted by Gasteiger charge is 2.27. The summed E-state index contributed by atoms with van der Waals surface area (Å²) < 4.78 is 12.5. The van der Waals surface area contributed by atoms with Crippen LogP contribution in [0.1, 0.15) is 23.2 Å². The first kappa shape index (κ1) is 17.1. The normalized spacial score (nSPS) is 13.3.